The number of sulfonamides is 1. The average Bonchev–Trinajstić information content (AvgIpc) is 2.58. The Morgan fingerprint density at radius 3 is 2.29 bits per heavy atom. The van der Waals surface area contributed by atoms with Crippen LogP contribution in [-0.2, 0) is 10.0 Å². The molecule has 0 unspecified atom stereocenters. The van der Waals surface area contributed by atoms with E-state index >= 15 is 0 Å². The van der Waals surface area contributed by atoms with Crippen LogP contribution in [-0.4, -0.2) is 36.9 Å². The first kappa shape index (κ1) is 16.9. The molecule has 0 spiro atoms. The topological polar surface area (TPSA) is 59.5 Å². The molecule has 1 aromatic carbocycles. The zero-order valence-electron chi connectivity index (χ0n) is 14.0. The number of hydrogen-bond acceptors (Lipinski definition) is 4. The van der Waals surface area contributed by atoms with E-state index in [2.05, 4.69) is 4.98 Å². The summed E-state index contributed by atoms with van der Waals surface area (Å²) in [6.45, 7) is 4.82. The van der Waals surface area contributed by atoms with Gasteiger partial charge < -0.3 is 4.74 Å². The van der Waals surface area contributed by atoms with Gasteiger partial charge >= 0.3 is 0 Å². The Bertz CT molecular complexity index is 778. The normalized spacial score (nSPS) is 16.9. The average molecular weight is 346 g/mol. The predicted molar refractivity (Wildman–Crippen MR) is 92.6 cm³/mol. The summed E-state index contributed by atoms with van der Waals surface area (Å²) >= 11 is 0. The minimum absolute atomic E-state index is 0.0268. The molecule has 1 fully saturated rings. The first-order valence-corrected chi connectivity index (χ1v) is 9.55. The van der Waals surface area contributed by atoms with Crippen molar-refractivity contribution < 1.29 is 13.2 Å². The van der Waals surface area contributed by atoms with E-state index in [1.165, 1.54) is 0 Å². The van der Waals surface area contributed by atoms with Crippen molar-refractivity contribution in [3.05, 3.63) is 53.9 Å². The lowest BCUT2D eigenvalue weighted by Gasteiger charge is -2.31. The molecule has 6 heteroatoms. The quantitative estimate of drug-likeness (QED) is 0.854. The number of ether oxygens (including phenoxy) is 1. The Kier molecular flexibility index (Phi) is 4.87. The highest BCUT2D eigenvalue weighted by molar-refractivity contribution is 7.89. The van der Waals surface area contributed by atoms with Gasteiger partial charge in [0.1, 0.15) is 11.9 Å². The molecule has 2 aromatic rings. The van der Waals surface area contributed by atoms with Crippen LogP contribution in [0.3, 0.4) is 0 Å². The van der Waals surface area contributed by atoms with Crippen LogP contribution in [0.2, 0.25) is 0 Å². The zero-order chi connectivity index (χ0) is 17.2. The minimum atomic E-state index is -3.42. The maximum Gasteiger partial charge on any atom is 0.243 e. The third-order valence-electron chi connectivity index (χ3n) is 4.25. The molecule has 0 aliphatic carbocycles. The first-order valence-electron chi connectivity index (χ1n) is 8.11. The van der Waals surface area contributed by atoms with E-state index in [0.29, 0.717) is 30.8 Å². The van der Waals surface area contributed by atoms with E-state index in [4.69, 9.17) is 4.74 Å². The molecule has 24 heavy (non-hydrogen) atoms. The van der Waals surface area contributed by atoms with E-state index in [1.807, 2.05) is 38.1 Å². The molecule has 5 nitrogen and oxygen atoms in total. The Balaban J connectivity index is 1.62. The maximum atomic E-state index is 12.7. The highest BCUT2D eigenvalue weighted by Gasteiger charge is 2.30. The van der Waals surface area contributed by atoms with E-state index in [-0.39, 0.29) is 6.10 Å². The summed E-state index contributed by atoms with van der Waals surface area (Å²) in [6, 6.07) is 10.8. The number of benzene rings is 1. The Hall–Kier alpha value is -1.92. The van der Waals surface area contributed by atoms with Crippen molar-refractivity contribution in [2.75, 3.05) is 13.1 Å². The maximum absolute atomic E-state index is 12.7. The van der Waals surface area contributed by atoms with Gasteiger partial charge in [0.2, 0.25) is 10.0 Å². The third kappa shape index (κ3) is 3.76. The lowest BCUT2D eigenvalue weighted by Crippen LogP contribution is -2.41. The van der Waals surface area contributed by atoms with Crippen molar-refractivity contribution in [3.8, 4) is 5.75 Å². The summed E-state index contributed by atoms with van der Waals surface area (Å²) in [5, 5.41) is 0. The largest absolute Gasteiger partial charge is 0.489 e. The highest BCUT2D eigenvalue weighted by atomic mass is 32.2. The van der Waals surface area contributed by atoms with E-state index in [1.54, 1.807) is 22.6 Å². The number of aromatic nitrogens is 1. The fourth-order valence-corrected chi connectivity index (χ4v) is 4.24. The number of nitrogens with zero attached hydrogens (tertiary/aromatic N) is 2. The molecule has 0 saturated carbocycles. The monoisotopic (exact) mass is 346 g/mol. The van der Waals surface area contributed by atoms with Crippen molar-refractivity contribution >= 4 is 10.0 Å². The molecular formula is C18H22N2O3S. The number of rotatable bonds is 4. The first-order chi connectivity index (χ1) is 11.4. The molecule has 2 heterocycles. The standard InChI is InChI=1S/C18H22N2O3S/c1-14-3-7-18(8-4-14)24(21,22)20-11-9-16(10-12-20)23-17-6-5-15(2)19-13-17/h3-8,13,16H,9-12H2,1-2H3. The summed E-state index contributed by atoms with van der Waals surface area (Å²) in [6.07, 6.45) is 3.10. The summed E-state index contributed by atoms with van der Waals surface area (Å²) in [5.41, 5.74) is 1.99. The number of hydrogen-bond donors (Lipinski definition) is 0. The van der Waals surface area contributed by atoms with Crippen LogP contribution in [0.15, 0.2) is 47.5 Å². The number of aryl methyl sites for hydroxylation is 2. The van der Waals surface area contributed by atoms with Gasteiger partial charge in [-0.05, 0) is 51.0 Å². The summed E-state index contributed by atoms with van der Waals surface area (Å²) in [5.74, 6) is 0.737. The summed E-state index contributed by atoms with van der Waals surface area (Å²) < 4.78 is 32.8. The van der Waals surface area contributed by atoms with Crippen LogP contribution >= 0.6 is 0 Å². The smallest absolute Gasteiger partial charge is 0.243 e. The second kappa shape index (κ2) is 6.91. The summed E-state index contributed by atoms with van der Waals surface area (Å²) in [4.78, 5) is 4.57. The molecular weight excluding hydrogens is 324 g/mol. The molecule has 0 bridgehead atoms. The van der Waals surface area contributed by atoms with Crippen LogP contribution in [0.4, 0.5) is 0 Å². The molecule has 0 atom stereocenters. The predicted octanol–water partition coefficient (Wildman–Crippen LogP) is 2.93. The van der Waals surface area contributed by atoms with Gasteiger partial charge in [0, 0.05) is 18.8 Å². The van der Waals surface area contributed by atoms with Gasteiger partial charge in [-0.25, -0.2) is 8.42 Å². The van der Waals surface area contributed by atoms with E-state index in [0.717, 1.165) is 17.0 Å². The van der Waals surface area contributed by atoms with E-state index < -0.39 is 10.0 Å². The van der Waals surface area contributed by atoms with Crippen LogP contribution in [0.5, 0.6) is 5.75 Å². The second-order valence-corrected chi connectivity index (χ2v) is 8.11. The molecule has 1 aromatic heterocycles. The number of pyridine rings is 1. The van der Waals surface area contributed by atoms with Crippen LogP contribution in [0.1, 0.15) is 24.1 Å². The van der Waals surface area contributed by atoms with Gasteiger partial charge in [-0.2, -0.15) is 4.31 Å². The van der Waals surface area contributed by atoms with Crippen LogP contribution < -0.4 is 4.74 Å². The van der Waals surface area contributed by atoms with Gasteiger partial charge in [-0.15, -0.1) is 0 Å². The molecule has 0 radical (unpaired) electrons. The minimum Gasteiger partial charge on any atom is -0.489 e. The highest BCUT2D eigenvalue weighted by Crippen LogP contribution is 2.23. The van der Waals surface area contributed by atoms with Gasteiger partial charge in [0.25, 0.3) is 0 Å². The van der Waals surface area contributed by atoms with Crippen molar-refractivity contribution in [1.29, 1.82) is 0 Å². The lowest BCUT2D eigenvalue weighted by molar-refractivity contribution is 0.134. The fraction of sp³-hybridized carbons (Fsp3) is 0.389. The Morgan fingerprint density at radius 2 is 1.71 bits per heavy atom. The second-order valence-electron chi connectivity index (χ2n) is 6.17. The third-order valence-corrected chi connectivity index (χ3v) is 6.16. The summed E-state index contributed by atoms with van der Waals surface area (Å²) in [7, 11) is -3.42. The van der Waals surface area contributed by atoms with Crippen molar-refractivity contribution in [2.24, 2.45) is 0 Å². The molecule has 0 N–H and O–H groups in total. The van der Waals surface area contributed by atoms with Crippen molar-refractivity contribution in [2.45, 2.75) is 37.7 Å². The van der Waals surface area contributed by atoms with Crippen molar-refractivity contribution in [1.82, 2.24) is 9.29 Å². The van der Waals surface area contributed by atoms with E-state index in [9.17, 15) is 8.42 Å². The SMILES string of the molecule is Cc1ccc(S(=O)(=O)N2CCC(Oc3ccc(C)nc3)CC2)cc1. The molecule has 1 aliphatic rings. The molecule has 0 amide bonds. The van der Waals surface area contributed by atoms with Crippen LogP contribution in [0, 0.1) is 13.8 Å². The zero-order valence-corrected chi connectivity index (χ0v) is 14.8. The molecule has 1 aliphatic heterocycles. The van der Waals surface area contributed by atoms with Gasteiger partial charge in [-0.3, -0.25) is 4.98 Å². The molecule has 128 valence electrons. The number of piperidine rings is 1. The molecule has 1 saturated heterocycles. The van der Waals surface area contributed by atoms with Gasteiger partial charge in [0.15, 0.2) is 0 Å². The van der Waals surface area contributed by atoms with Crippen molar-refractivity contribution in [3.63, 3.8) is 0 Å². The Labute approximate surface area is 143 Å². The van der Waals surface area contributed by atoms with Gasteiger partial charge in [-0.1, -0.05) is 17.7 Å². The molecule has 3 rings (SSSR count). The Morgan fingerprint density at radius 1 is 1.04 bits per heavy atom. The lowest BCUT2D eigenvalue weighted by atomic mass is 10.1. The van der Waals surface area contributed by atoms with Crippen LogP contribution in [0.25, 0.3) is 0 Å². The van der Waals surface area contributed by atoms with Gasteiger partial charge in [0.05, 0.1) is 11.1 Å². The fourth-order valence-electron chi connectivity index (χ4n) is 2.77.